The summed E-state index contributed by atoms with van der Waals surface area (Å²) in [5, 5.41) is 20.7. The summed E-state index contributed by atoms with van der Waals surface area (Å²) in [5.74, 6) is 0.624. The molecule has 13 heteroatoms. The molecule has 0 fully saturated rings. The maximum atomic E-state index is 12.8. The summed E-state index contributed by atoms with van der Waals surface area (Å²) >= 11 is 0. The summed E-state index contributed by atoms with van der Waals surface area (Å²) in [5.41, 5.74) is 1.78. The van der Waals surface area contributed by atoms with E-state index in [0.29, 0.717) is 22.8 Å². The van der Waals surface area contributed by atoms with Crippen LogP contribution < -0.4 is 15.3 Å². The average molecular weight is 460 g/mol. The number of hydrogen-bond donors (Lipinski definition) is 2. The van der Waals surface area contributed by atoms with Crippen molar-refractivity contribution in [2.24, 2.45) is 0 Å². The van der Waals surface area contributed by atoms with E-state index in [2.05, 4.69) is 31.3 Å². The van der Waals surface area contributed by atoms with Gasteiger partial charge in [0.15, 0.2) is 0 Å². The molecule has 0 spiro atoms. The van der Waals surface area contributed by atoms with Crippen molar-refractivity contribution in [2.45, 2.75) is 26.6 Å². The fourth-order valence-corrected chi connectivity index (χ4v) is 3.05. The van der Waals surface area contributed by atoms with Crippen LogP contribution in [0.15, 0.2) is 51.6 Å². The lowest BCUT2D eigenvalue weighted by Gasteiger charge is -2.09. The van der Waals surface area contributed by atoms with Crippen molar-refractivity contribution in [1.29, 1.82) is 0 Å². The molecule has 0 atom stereocenters. The minimum absolute atomic E-state index is 0.0141. The molecular formula is C20H17F3N7O3+. The second-order valence-corrected chi connectivity index (χ2v) is 7.03. The van der Waals surface area contributed by atoms with Gasteiger partial charge in [-0.05, 0) is 48.9 Å². The first kappa shape index (κ1) is 21.9. The molecule has 0 aliphatic carbocycles. The number of urea groups is 1. The Labute approximate surface area is 184 Å². The van der Waals surface area contributed by atoms with E-state index in [1.165, 1.54) is 23.0 Å². The maximum absolute atomic E-state index is 12.8. The summed E-state index contributed by atoms with van der Waals surface area (Å²) in [6.45, 7) is 3.80. The molecule has 4 rings (SSSR count). The Morgan fingerprint density at radius 3 is 2.58 bits per heavy atom. The highest BCUT2D eigenvalue weighted by Crippen LogP contribution is 2.30. The molecule has 0 saturated heterocycles. The molecular weight excluding hydrogens is 443 g/mol. The number of aromatic nitrogens is 5. The van der Waals surface area contributed by atoms with Gasteiger partial charge in [0.2, 0.25) is 11.8 Å². The Kier molecular flexibility index (Phi) is 5.77. The molecule has 2 amide bonds. The molecule has 33 heavy (non-hydrogen) atoms. The number of nitrogens with one attached hydrogen (secondary N) is 2. The Balaban J connectivity index is 1.37. The van der Waals surface area contributed by atoms with Gasteiger partial charge in [0, 0.05) is 5.69 Å². The van der Waals surface area contributed by atoms with Crippen molar-refractivity contribution in [2.75, 3.05) is 10.6 Å². The Morgan fingerprint density at radius 2 is 1.91 bits per heavy atom. The second-order valence-electron chi connectivity index (χ2n) is 7.03. The number of hydrogen-bond acceptors (Lipinski definition) is 7. The van der Waals surface area contributed by atoms with Gasteiger partial charge in [0.1, 0.15) is 11.5 Å². The second kappa shape index (κ2) is 8.68. The van der Waals surface area contributed by atoms with Crippen LogP contribution in [0.5, 0.6) is 0 Å². The van der Waals surface area contributed by atoms with Crippen molar-refractivity contribution < 1.29 is 31.7 Å². The van der Waals surface area contributed by atoms with E-state index < -0.39 is 17.8 Å². The maximum Gasteiger partial charge on any atom is 0.416 e. The predicted octanol–water partition coefficient (Wildman–Crippen LogP) is 3.74. The Hall–Kier alpha value is -4.29. The zero-order chi connectivity index (χ0) is 23.6. The summed E-state index contributed by atoms with van der Waals surface area (Å²) in [7, 11) is 0. The molecule has 10 nitrogen and oxygen atoms in total. The van der Waals surface area contributed by atoms with Crippen LogP contribution >= 0.6 is 0 Å². The number of aryl methyl sites for hydroxylation is 2. The normalized spacial score (nSPS) is 11.4. The van der Waals surface area contributed by atoms with Gasteiger partial charge in [0.25, 0.3) is 6.20 Å². The first-order valence-corrected chi connectivity index (χ1v) is 9.56. The zero-order valence-corrected chi connectivity index (χ0v) is 17.3. The van der Waals surface area contributed by atoms with Crippen LogP contribution in [-0.4, -0.2) is 26.7 Å². The molecule has 4 aromatic rings. The van der Waals surface area contributed by atoms with Crippen LogP contribution in [0.3, 0.4) is 0 Å². The summed E-state index contributed by atoms with van der Waals surface area (Å²) in [6.07, 6.45) is -3.12. The summed E-state index contributed by atoms with van der Waals surface area (Å²) < 4.78 is 49.9. The molecule has 0 radical (unpaired) electrons. The van der Waals surface area contributed by atoms with Gasteiger partial charge in [-0.1, -0.05) is 11.2 Å². The van der Waals surface area contributed by atoms with Gasteiger partial charge in [-0.25, -0.2) is 4.79 Å². The highest BCUT2D eigenvalue weighted by molar-refractivity contribution is 5.98. The van der Waals surface area contributed by atoms with E-state index in [0.717, 1.165) is 17.7 Å². The molecule has 0 saturated carbocycles. The van der Waals surface area contributed by atoms with E-state index in [4.69, 9.17) is 9.05 Å². The number of benzene rings is 1. The molecule has 170 valence electrons. The topological polar surface area (TPSA) is 123 Å². The number of amides is 2. The van der Waals surface area contributed by atoms with Crippen LogP contribution in [0.25, 0.3) is 11.3 Å². The highest BCUT2D eigenvalue weighted by Gasteiger charge is 2.30. The summed E-state index contributed by atoms with van der Waals surface area (Å²) in [6, 6.07) is 7.00. The number of anilines is 2. The number of halogens is 3. The predicted molar refractivity (Wildman–Crippen MR) is 107 cm³/mol. The number of carbonyl (C=O) groups is 1. The van der Waals surface area contributed by atoms with E-state index in [9.17, 15) is 18.0 Å². The molecule has 3 heterocycles. The van der Waals surface area contributed by atoms with Gasteiger partial charge >= 0.3 is 18.1 Å². The third kappa shape index (κ3) is 5.14. The zero-order valence-electron chi connectivity index (χ0n) is 17.3. The lowest BCUT2D eigenvalue weighted by Crippen LogP contribution is -2.35. The fourth-order valence-electron chi connectivity index (χ4n) is 3.05. The van der Waals surface area contributed by atoms with Crippen molar-refractivity contribution in [3.05, 3.63) is 65.3 Å². The van der Waals surface area contributed by atoms with Crippen LogP contribution in [0.4, 0.5) is 29.5 Å². The minimum Gasteiger partial charge on any atom is -0.361 e. The van der Waals surface area contributed by atoms with Gasteiger partial charge < -0.3 is 9.84 Å². The largest absolute Gasteiger partial charge is 0.416 e. The monoisotopic (exact) mass is 460 g/mol. The minimum atomic E-state index is -4.52. The highest BCUT2D eigenvalue weighted by atomic mass is 19.4. The molecule has 0 unspecified atom stereocenters. The number of rotatable bonds is 5. The Bertz CT molecular complexity index is 1260. The molecule has 0 aliphatic heterocycles. The van der Waals surface area contributed by atoms with Gasteiger partial charge in [-0.15, -0.1) is 10.2 Å². The van der Waals surface area contributed by atoms with Crippen molar-refractivity contribution in [1.82, 2.24) is 20.6 Å². The van der Waals surface area contributed by atoms with Gasteiger partial charge in [-0.3, -0.25) is 9.84 Å². The molecule has 0 bridgehead atoms. The first-order valence-electron chi connectivity index (χ1n) is 9.56. The third-order valence-corrected chi connectivity index (χ3v) is 4.53. The average Bonchev–Trinajstić information content (AvgIpc) is 3.33. The fraction of sp³-hybridized carbons (Fsp3) is 0.200. The third-order valence-electron chi connectivity index (χ3n) is 4.53. The lowest BCUT2D eigenvalue weighted by atomic mass is 10.1. The standard InChI is InChI=1S/C20H16F3N7O3/c1-11-18(12(2)32-28-11)16-7-6-15(26-27-16)9-30-10-17(33-29-30)25-19(31)24-14-5-3-4-13(8-14)20(21,22)23/h3-8,10H,9H2,1-2H3,(H-,24,25,29,31)/p+1. The lowest BCUT2D eigenvalue weighted by molar-refractivity contribution is -0.755. The molecule has 1 aromatic carbocycles. The van der Waals surface area contributed by atoms with E-state index in [1.54, 1.807) is 19.1 Å². The SMILES string of the molecule is Cc1noc(C)c1-c1ccc(C[n+]2cc(NC(=O)Nc3cccc(C(F)(F)F)c3)on2)nn1. The first-order chi connectivity index (χ1) is 15.7. The number of carbonyl (C=O) groups excluding carboxylic acids is 1. The smallest absolute Gasteiger partial charge is 0.361 e. The molecule has 3 aromatic heterocycles. The van der Waals surface area contributed by atoms with Gasteiger partial charge in [-0.2, -0.15) is 13.2 Å². The van der Waals surface area contributed by atoms with E-state index in [-0.39, 0.29) is 18.1 Å². The molecule has 0 aliphatic rings. The Morgan fingerprint density at radius 1 is 1.09 bits per heavy atom. The van der Waals surface area contributed by atoms with Gasteiger partial charge in [0.05, 0.1) is 22.5 Å². The van der Waals surface area contributed by atoms with Crippen LogP contribution in [0.1, 0.15) is 22.7 Å². The van der Waals surface area contributed by atoms with Crippen LogP contribution in [0.2, 0.25) is 0 Å². The van der Waals surface area contributed by atoms with Crippen LogP contribution in [0, 0.1) is 13.8 Å². The molecule has 2 N–H and O–H groups in total. The summed E-state index contributed by atoms with van der Waals surface area (Å²) in [4.78, 5) is 12.1. The quantitative estimate of drug-likeness (QED) is 0.435. The van der Waals surface area contributed by atoms with Crippen molar-refractivity contribution >= 4 is 17.6 Å². The van der Waals surface area contributed by atoms with Crippen LogP contribution in [-0.2, 0) is 12.7 Å². The van der Waals surface area contributed by atoms with Crippen molar-refractivity contribution in [3.8, 4) is 11.3 Å². The number of alkyl halides is 3. The van der Waals surface area contributed by atoms with Crippen molar-refractivity contribution in [3.63, 3.8) is 0 Å². The van der Waals surface area contributed by atoms with E-state index in [1.807, 2.05) is 6.92 Å². The number of nitrogens with zero attached hydrogens (tertiary/aromatic N) is 5. The van der Waals surface area contributed by atoms with E-state index >= 15 is 0 Å².